The lowest BCUT2D eigenvalue weighted by Crippen LogP contribution is -2.32. The number of carboxylic acids is 1. The molecular weight excluding hydrogens is 251 g/mol. The third-order valence-corrected chi connectivity index (χ3v) is 3.16. The zero-order valence-electron chi connectivity index (χ0n) is 10.5. The summed E-state index contributed by atoms with van der Waals surface area (Å²) in [6.45, 7) is 3.42. The predicted octanol–water partition coefficient (Wildman–Crippen LogP) is 2.40. The number of amides is 2. The molecule has 0 radical (unpaired) electrons. The van der Waals surface area contributed by atoms with Crippen LogP contribution < -0.4 is 5.32 Å². The second-order valence-corrected chi connectivity index (χ2v) is 4.77. The van der Waals surface area contributed by atoms with Gasteiger partial charge in [0.05, 0.1) is 5.56 Å². The van der Waals surface area contributed by atoms with Crippen LogP contribution in [0.4, 0.5) is 14.9 Å². The number of carboxylic acid groups (broad SMARTS) is 1. The molecule has 102 valence electrons. The summed E-state index contributed by atoms with van der Waals surface area (Å²) in [5.41, 5.74) is -0.170. The summed E-state index contributed by atoms with van der Waals surface area (Å²) in [5.74, 6) is -1.71. The first-order valence-electron chi connectivity index (χ1n) is 6.06. The van der Waals surface area contributed by atoms with Crippen molar-refractivity contribution in [3.8, 4) is 0 Å². The van der Waals surface area contributed by atoms with Gasteiger partial charge in [0.15, 0.2) is 0 Å². The Morgan fingerprint density at radius 1 is 1.47 bits per heavy atom. The average molecular weight is 266 g/mol. The van der Waals surface area contributed by atoms with Crippen molar-refractivity contribution in [1.82, 2.24) is 4.90 Å². The molecule has 2 amide bonds. The van der Waals surface area contributed by atoms with E-state index in [0.29, 0.717) is 19.0 Å². The largest absolute Gasteiger partial charge is 0.478 e. The molecule has 1 aliphatic rings. The number of nitrogens with one attached hydrogen (secondary N) is 1. The molecule has 0 aromatic heterocycles. The molecule has 2 rings (SSSR count). The number of hydrogen-bond donors (Lipinski definition) is 2. The van der Waals surface area contributed by atoms with Crippen LogP contribution in [0.1, 0.15) is 23.7 Å². The van der Waals surface area contributed by atoms with E-state index >= 15 is 0 Å². The summed E-state index contributed by atoms with van der Waals surface area (Å²) in [5, 5.41) is 11.4. The molecule has 6 heteroatoms. The van der Waals surface area contributed by atoms with Gasteiger partial charge in [-0.3, -0.25) is 0 Å². The Kier molecular flexibility index (Phi) is 3.69. The van der Waals surface area contributed by atoms with Crippen molar-refractivity contribution in [3.63, 3.8) is 0 Å². The van der Waals surface area contributed by atoms with Crippen molar-refractivity contribution in [2.45, 2.75) is 13.3 Å². The number of rotatable bonds is 2. The molecule has 1 fully saturated rings. The van der Waals surface area contributed by atoms with Crippen LogP contribution in [0.25, 0.3) is 0 Å². The third-order valence-electron chi connectivity index (χ3n) is 3.16. The summed E-state index contributed by atoms with van der Waals surface area (Å²) < 4.78 is 13.2. The highest BCUT2D eigenvalue weighted by Gasteiger charge is 2.23. The average Bonchev–Trinajstić information content (AvgIpc) is 2.78. The van der Waals surface area contributed by atoms with Crippen molar-refractivity contribution < 1.29 is 19.1 Å². The molecular formula is C13H15FN2O3. The fourth-order valence-corrected chi connectivity index (χ4v) is 2.09. The molecule has 1 aromatic carbocycles. The van der Waals surface area contributed by atoms with Crippen LogP contribution in [0.5, 0.6) is 0 Å². The van der Waals surface area contributed by atoms with Gasteiger partial charge in [0.25, 0.3) is 0 Å². The van der Waals surface area contributed by atoms with E-state index in [1.165, 1.54) is 6.07 Å². The SMILES string of the molecule is CC1CCN(C(=O)Nc2ccc(F)c(C(=O)O)c2)C1. The number of nitrogens with zero attached hydrogens (tertiary/aromatic N) is 1. The summed E-state index contributed by atoms with van der Waals surface area (Å²) in [6, 6.07) is 3.22. The van der Waals surface area contributed by atoms with Crippen LogP contribution in [0.2, 0.25) is 0 Å². The van der Waals surface area contributed by atoms with Crippen LogP contribution in [-0.2, 0) is 0 Å². The number of halogens is 1. The predicted molar refractivity (Wildman–Crippen MR) is 67.7 cm³/mol. The Hall–Kier alpha value is -2.11. The van der Waals surface area contributed by atoms with Gasteiger partial charge in [-0.05, 0) is 30.5 Å². The summed E-state index contributed by atoms with van der Waals surface area (Å²) in [7, 11) is 0. The van der Waals surface area contributed by atoms with Crippen molar-refractivity contribution in [3.05, 3.63) is 29.6 Å². The molecule has 5 nitrogen and oxygen atoms in total. The highest BCUT2D eigenvalue weighted by atomic mass is 19.1. The number of anilines is 1. The lowest BCUT2D eigenvalue weighted by molar-refractivity contribution is 0.0692. The zero-order valence-corrected chi connectivity index (χ0v) is 10.5. The standard InChI is InChI=1S/C13H15FN2O3/c1-8-4-5-16(7-8)13(19)15-9-2-3-11(14)10(6-9)12(17)18/h2-3,6,8H,4-5,7H2,1H3,(H,15,19)(H,17,18). The number of urea groups is 1. The normalized spacial score (nSPS) is 18.4. The van der Waals surface area contributed by atoms with Gasteiger partial charge >= 0.3 is 12.0 Å². The molecule has 1 unspecified atom stereocenters. The van der Waals surface area contributed by atoms with Crippen molar-refractivity contribution in [2.75, 3.05) is 18.4 Å². The number of carbonyl (C=O) groups is 2. The van der Waals surface area contributed by atoms with Crippen molar-refractivity contribution >= 4 is 17.7 Å². The minimum atomic E-state index is -1.36. The van der Waals surface area contributed by atoms with E-state index in [0.717, 1.165) is 18.6 Å². The maximum absolute atomic E-state index is 13.2. The van der Waals surface area contributed by atoms with E-state index < -0.39 is 17.3 Å². The molecule has 2 N–H and O–H groups in total. The second kappa shape index (κ2) is 5.26. The Bertz CT molecular complexity index is 519. The Morgan fingerprint density at radius 2 is 2.21 bits per heavy atom. The smallest absolute Gasteiger partial charge is 0.338 e. The van der Waals surface area contributed by atoms with Gasteiger partial charge in [-0.2, -0.15) is 0 Å². The first-order chi connectivity index (χ1) is 8.97. The Labute approximate surface area is 110 Å². The monoisotopic (exact) mass is 266 g/mol. The minimum absolute atomic E-state index is 0.281. The quantitative estimate of drug-likeness (QED) is 0.863. The Balaban J connectivity index is 2.09. The van der Waals surface area contributed by atoms with Gasteiger partial charge in [0, 0.05) is 18.8 Å². The summed E-state index contributed by atoms with van der Waals surface area (Å²) in [6.07, 6.45) is 0.956. The van der Waals surface area contributed by atoms with Gasteiger partial charge in [0.2, 0.25) is 0 Å². The van der Waals surface area contributed by atoms with E-state index in [1.807, 2.05) is 0 Å². The summed E-state index contributed by atoms with van der Waals surface area (Å²) in [4.78, 5) is 24.4. The lowest BCUT2D eigenvalue weighted by atomic mass is 10.2. The highest BCUT2D eigenvalue weighted by Crippen LogP contribution is 2.18. The van der Waals surface area contributed by atoms with Gasteiger partial charge < -0.3 is 15.3 Å². The number of likely N-dealkylation sites (tertiary alicyclic amines) is 1. The number of hydrogen-bond acceptors (Lipinski definition) is 2. The van der Waals surface area contributed by atoms with Gasteiger partial charge in [-0.25, -0.2) is 14.0 Å². The molecule has 1 atom stereocenters. The van der Waals surface area contributed by atoms with Gasteiger partial charge in [-0.1, -0.05) is 6.92 Å². The number of benzene rings is 1. The van der Waals surface area contributed by atoms with Crippen molar-refractivity contribution in [1.29, 1.82) is 0 Å². The van der Waals surface area contributed by atoms with E-state index in [4.69, 9.17) is 5.11 Å². The zero-order chi connectivity index (χ0) is 14.0. The van der Waals surface area contributed by atoms with Crippen LogP contribution in [0.3, 0.4) is 0 Å². The van der Waals surface area contributed by atoms with E-state index in [9.17, 15) is 14.0 Å². The molecule has 0 spiro atoms. The molecule has 1 aromatic rings. The molecule has 0 bridgehead atoms. The first kappa shape index (κ1) is 13.3. The van der Waals surface area contributed by atoms with Gasteiger partial charge in [-0.15, -0.1) is 0 Å². The maximum Gasteiger partial charge on any atom is 0.338 e. The second-order valence-electron chi connectivity index (χ2n) is 4.77. The van der Waals surface area contributed by atoms with Crippen LogP contribution in [0.15, 0.2) is 18.2 Å². The number of aromatic carboxylic acids is 1. The highest BCUT2D eigenvalue weighted by molar-refractivity contribution is 5.93. The fourth-order valence-electron chi connectivity index (χ4n) is 2.09. The molecule has 19 heavy (non-hydrogen) atoms. The van der Waals surface area contributed by atoms with Crippen molar-refractivity contribution in [2.24, 2.45) is 5.92 Å². The van der Waals surface area contributed by atoms with Gasteiger partial charge in [0.1, 0.15) is 5.82 Å². The van der Waals surface area contributed by atoms with Crippen LogP contribution >= 0.6 is 0 Å². The first-order valence-corrected chi connectivity index (χ1v) is 6.06. The van der Waals surface area contributed by atoms with E-state index in [1.54, 1.807) is 4.90 Å². The molecule has 1 aliphatic heterocycles. The Morgan fingerprint density at radius 3 is 2.79 bits per heavy atom. The topological polar surface area (TPSA) is 69.6 Å². The van der Waals surface area contributed by atoms with Crippen LogP contribution in [-0.4, -0.2) is 35.1 Å². The number of carbonyl (C=O) groups excluding carboxylic acids is 1. The van der Waals surface area contributed by atoms with Crippen LogP contribution in [0, 0.1) is 11.7 Å². The maximum atomic E-state index is 13.2. The summed E-state index contributed by atoms with van der Waals surface area (Å²) >= 11 is 0. The minimum Gasteiger partial charge on any atom is -0.478 e. The van der Waals surface area contributed by atoms with E-state index in [-0.39, 0.29) is 11.7 Å². The fraction of sp³-hybridized carbons (Fsp3) is 0.385. The lowest BCUT2D eigenvalue weighted by Gasteiger charge is -2.17. The molecule has 1 saturated heterocycles. The molecule has 0 aliphatic carbocycles. The van der Waals surface area contributed by atoms with E-state index in [2.05, 4.69) is 12.2 Å². The molecule has 1 heterocycles. The molecule has 0 saturated carbocycles. The third kappa shape index (κ3) is 3.01.